The molecule has 1 aromatic carbocycles. The number of nitrogens with two attached hydrogens (primary N) is 1. The average molecular weight is 296 g/mol. The summed E-state index contributed by atoms with van der Waals surface area (Å²) in [7, 11) is 0. The van der Waals surface area contributed by atoms with E-state index in [1.807, 2.05) is 24.7 Å². The summed E-state index contributed by atoms with van der Waals surface area (Å²) in [5.41, 5.74) is 6.25. The number of rotatable bonds is 4. The van der Waals surface area contributed by atoms with Crippen molar-refractivity contribution in [3.05, 3.63) is 41.2 Å². The zero-order valence-electron chi connectivity index (χ0n) is 10.6. The molecule has 0 unspecified atom stereocenters. The highest BCUT2D eigenvalue weighted by Crippen LogP contribution is 2.30. The lowest BCUT2D eigenvalue weighted by Gasteiger charge is -2.07. The Morgan fingerprint density at radius 2 is 2.21 bits per heavy atom. The molecule has 2 aromatic rings. The molecule has 0 amide bonds. The van der Waals surface area contributed by atoms with Gasteiger partial charge in [0.25, 0.3) is 0 Å². The van der Waals surface area contributed by atoms with Gasteiger partial charge in [-0.15, -0.1) is 0 Å². The molecule has 0 bridgehead atoms. The highest BCUT2D eigenvalue weighted by atomic mass is 35.5. The largest absolute Gasteiger partial charge is 0.452 e. The predicted octanol–water partition coefficient (Wildman–Crippen LogP) is 3.54. The molecule has 0 aliphatic rings. The lowest BCUT2D eigenvalue weighted by atomic mass is 10.2. The van der Waals surface area contributed by atoms with Crippen LogP contribution in [0.2, 0.25) is 5.02 Å². The monoisotopic (exact) mass is 295 g/mol. The van der Waals surface area contributed by atoms with E-state index in [2.05, 4.69) is 5.10 Å². The second kappa shape index (κ2) is 5.59. The number of halogens is 1. The summed E-state index contributed by atoms with van der Waals surface area (Å²) in [5.74, 6) is 1.18. The van der Waals surface area contributed by atoms with Gasteiger partial charge < -0.3 is 10.5 Å². The zero-order valence-corrected chi connectivity index (χ0v) is 12.2. The molecule has 0 atom stereocenters. The molecule has 0 radical (unpaired) electrons. The van der Waals surface area contributed by atoms with E-state index in [-0.39, 0.29) is 6.04 Å². The Labute approximate surface area is 122 Å². The third kappa shape index (κ3) is 3.24. The van der Waals surface area contributed by atoms with Gasteiger partial charge in [-0.05, 0) is 32.0 Å². The fourth-order valence-corrected chi connectivity index (χ4v) is 1.87. The van der Waals surface area contributed by atoms with Crippen LogP contribution in [0.4, 0.5) is 0 Å². The normalized spacial score (nSPS) is 10.7. The maximum absolute atomic E-state index is 6.13. The maximum Gasteiger partial charge on any atom is 0.165 e. The molecule has 0 fully saturated rings. The number of aromatic nitrogens is 2. The molecule has 100 valence electrons. The van der Waals surface area contributed by atoms with Crippen LogP contribution in [-0.2, 0) is 0 Å². The summed E-state index contributed by atoms with van der Waals surface area (Å²) in [6, 6.07) is 5.48. The lowest BCUT2D eigenvalue weighted by Crippen LogP contribution is -2.08. The van der Waals surface area contributed by atoms with Gasteiger partial charge in [-0.25, -0.2) is 0 Å². The first-order valence-corrected chi connectivity index (χ1v) is 6.57. The molecule has 0 aliphatic heterocycles. The summed E-state index contributed by atoms with van der Waals surface area (Å²) >= 11 is 11.0. The van der Waals surface area contributed by atoms with Crippen molar-refractivity contribution in [3.8, 4) is 11.5 Å². The molecule has 0 saturated carbocycles. The van der Waals surface area contributed by atoms with Gasteiger partial charge >= 0.3 is 0 Å². The molecule has 0 spiro atoms. The van der Waals surface area contributed by atoms with Crippen molar-refractivity contribution >= 4 is 28.8 Å². The molecule has 2 N–H and O–H groups in total. The molecule has 0 aliphatic carbocycles. The molecular formula is C13H14ClN3OS. The molecule has 0 saturated heterocycles. The van der Waals surface area contributed by atoms with Gasteiger partial charge in [-0.2, -0.15) is 5.10 Å². The van der Waals surface area contributed by atoms with Gasteiger partial charge in [-0.1, -0.05) is 23.8 Å². The van der Waals surface area contributed by atoms with Crippen LogP contribution in [0, 0.1) is 0 Å². The van der Waals surface area contributed by atoms with Crippen molar-refractivity contribution in [2.45, 2.75) is 19.9 Å². The smallest absolute Gasteiger partial charge is 0.165 e. The van der Waals surface area contributed by atoms with Crippen LogP contribution in [0.5, 0.6) is 11.5 Å². The van der Waals surface area contributed by atoms with E-state index in [1.54, 1.807) is 24.4 Å². The molecular weight excluding hydrogens is 282 g/mol. The fourth-order valence-electron chi connectivity index (χ4n) is 1.52. The van der Waals surface area contributed by atoms with Crippen molar-refractivity contribution < 1.29 is 4.74 Å². The second-order valence-corrected chi connectivity index (χ2v) is 5.21. The summed E-state index contributed by atoms with van der Waals surface area (Å²) in [4.78, 5) is 0.307. The zero-order chi connectivity index (χ0) is 14.0. The molecule has 4 nitrogen and oxygen atoms in total. The first-order valence-electron chi connectivity index (χ1n) is 5.78. The first-order chi connectivity index (χ1) is 8.97. The lowest BCUT2D eigenvalue weighted by molar-refractivity contribution is 0.477. The summed E-state index contributed by atoms with van der Waals surface area (Å²) < 4.78 is 7.49. The highest BCUT2D eigenvalue weighted by Gasteiger charge is 2.08. The standard InChI is InChI=1S/C13H14ClN3OS/c1-8(2)17-7-10(6-16-17)18-12-4-3-9(13(15)19)5-11(12)14/h3-8H,1-2H3,(H2,15,19). The van der Waals surface area contributed by atoms with Crippen molar-refractivity contribution in [1.29, 1.82) is 0 Å². The SMILES string of the molecule is CC(C)n1cc(Oc2ccc(C(N)=S)cc2Cl)cn1. The topological polar surface area (TPSA) is 53.1 Å². The minimum Gasteiger partial charge on any atom is -0.452 e. The minimum absolute atomic E-state index is 0.282. The number of nitrogens with zero attached hydrogens (tertiary/aromatic N) is 2. The molecule has 1 aromatic heterocycles. The molecule has 19 heavy (non-hydrogen) atoms. The van der Waals surface area contributed by atoms with E-state index in [1.165, 1.54) is 0 Å². The average Bonchev–Trinajstić information content (AvgIpc) is 2.80. The molecule has 6 heteroatoms. The van der Waals surface area contributed by atoms with Crippen molar-refractivity contribution in [3.63, 3.8) is 0 Å². The van der Waals surface area contributed by atoms with Crippen LogP contribution in [-0.4, -0.2) is 14.8 Å². The Kier molecular flexibility index (Phi) is 4.07. The Bertz CT molecular complexity index is 610. The number of hydrogen-bond donors (Lipinski definition) is 1. The Morgan fingerprint density at radius 3 is 2.74 bits per heavy atom. The van der Waals surface area contributed by atoms with E-state index in [0.29, 0.717) is 27.1 Å². The second-order valence-electron chi connectivity index (χ2n) is 4.36. The van der Waals surface area contributed by atoms with E-state index in [0.717, 1.165) is 0 Å². The van der Waals surface area contributed by atoms with Gasteiger partial charge in [0.15, 0.2) is 5.75 Å². The van der Waals surface area contributed by atoms with Crippen LogP contribution in [0.25, 0.3) is 0 Å². The quantitative estimate of drug-likeness (QED) is 0.877. The fraction of sp³-hybridized carbons (Fsp3) is 0.231. The van der Waals surface area contributed by atoms with Gasteiger partial charge in [0.1, 0.15) is 10.7 Å². The van der Waals surface area contributed by atoms with Gasteiger partial charge in [0.2, 0.25) is 0 Å². The van der Waals surface area contributed by atoms with E-state index in [4.69, 9.17) is 34.3 Å². The Balaban J connectivity index is 2.20. The number of benzene rings is 1. The van der Waals surface area contributed by atoms with Gasteiger partial charge in [0.05, 0.1) is 17.4 Å². The molecule has 1 heterocycles. The minimum atomic E-state index is 0.282. The molecule has 2 rings (SSSR count). The number of ether oxygens (including phenoxy) is 1. The van der Waals surface area contributed by atoms with Gasteiger partial charge in [0, 0.05) is 11.6 Å². The van der Waals surface area contributed by atoms with Crippen LogP contribution in [0.1, 0.15) is 25.5 Å². The first kappa shape index (κ1) is 13.8. The van der Waals surface area contributed by atoms with Gasteiger partial charge in [-0.3, -0.25) is 4.68 Å². The van der Waals surface area contributed by atoms with E-state index in [9.17, 15) is 0 Å². The Hall–Kier alpha value is -1.59. The third-order valence-corrected chi connectivity index (χ3v) is 3.08. The predicted molar refractivity (Wildman–Crippen MR) is 80.0 cm³/mol. The summed E-state index contributed by atoms with van der Waals surface area (Å²) in [6.45, 7) is 4.08. The van der Waals surface area contributed by atoms with Crippen molar-refractivity contribution in [2.75, 3.05) is 0 Å². The van der Waals surface area contributed by atoms with E-state index < -0.39 is 0 Å². The number of hydrogen-bond acceptors (Lipinski definition) is 3. The van der Waals surface area contributed by atoms with E-state index >= 15 is 0 Å². The van der Waals surface area contributed by atoms with Crippen LogP contribution >= 0.6 is 23.8 Å². The van der Waals surface area contributed by atoms with Crippen LogP contribution < -0.4 is 10.5 Å². The van der Waals surface area contributed by atoms with Crippen LogP contribution in [0.3, 0.4) is 0 Å². The van der Waals surface area contributed by atoms with Crippen molar-refractivity contribution in [2.24, 2.45) is 5.73 Å². The van der Waals surface area contributed by atoms with Crippen molar-refractivity contribution in [1.82, 2.24) is 9.78 Å². The summed E-state index contributed by atoms with van der Waals surface area (Å²) in [5, 5.41) is 4.66. The highest BCUT2D eigenvalue weighted by molar-refractivity contribution is 7.80. The Morgan fingerprint density at radius 1 is 1.47 bits per heavy atom. The number of thiocarbonyl (C=S) groups is 1. The third-order valence-electron chi connectivity index (χ3n) is 2.55. The van der Waals surface area contributed by atoms with Crippen LogP contribution in [0.15, 0.2) is 30.6 Å². The maximum atomic E-state index is 6.13. The summed E-state index contributed by atoms with van der Waals surface area (Å²) in [6.07, 6.45) is 3.47.